The zero-order valence-corrected chi connectivity index (χ0v) is 15.4. The monoisotopic (exact) mass is 388 g/mol. The first-order chi connectivity index (χ1) is 11.6. The molecule has 1 aromatic rings. The van der Waals surface area contributed by atoms with Crippen LogP contribution in [0.2, 0.25) is 10.0 Å². The fourth-order valence-electron chi connectivity index (χ4n) is 2.79. The lowest BCUT2D eigenvalue weighted by Crippen LogP contribution is -2.35. The molecule has 0 bridgehead atoms. The van der Waals surface area contributed by atoms with Gasteiger partial charge in [0.05, 0.1) is 16.1 Å². The Hall–Kier alpha value is -1.79. The molecule has 1 fully saturated rings. The molecule has 0 spiro atoms. The lowest BCUT2D eigenvalue weighted by atomic mass is 9.93. The fraction of sp³-hybridized carbons (Fsp3) is 0.471. The number of rotatable bonds is 6. The van der Waals surface area contributed by atoms with Crippen LogP contribution in [-0.4, -0.2) is 35.2 Å². The van der Waals surface area contributed by atoms with E-state index >= 15 is 0 Å². The molecule has 0 heterocycles. The molecule has 0 saturated heterocycles. The van der Waals surface area contributed by atoms with E-state index in [2.05, 4.69) is 0 Å². The standard InChI is InChI=1S/C17H18Cl2O6/c1-8(2)24-16(23)25-9(3)17(15(21)22)7-11(17)14(20)10-4-5-12(18)13(19)6-10/h4-6,8-9,11H,7H2,1-3H3,(H,21,22)/t9?,11-,17-/m1/s1. The van der Waals surface area contributed by atoms with E-state index in [1.807, 2.05) is 0 Å². The van der Waals surface area contributed by atoms with Crippen LogP contribution in [0.25, 0.3) is 0 Å². The van der Waals surface area contributed by atoms with Crippen LogP contribution < -0.4 is 0 Å². The molecule has 0 amide bonds. The van der Waals surface area contributed by atoms with Gasteiger partial charge in [-0.25, -0.2) is 4.79 Å². The van der Waals surface area contributed by atoms with Crippen molar-refractivity contribution in [3.63, 3.8) is 0 Å². The number of hydrogen-bond acceptors (Lipinski definition) is 5. The summed E-state index contributed by atoms with van der Waals surface area (Å²) in [5.41, 5.74) is -1.21. The minimum Gasteiger partial charge on any atom is -0.481 e. The lowest BCUT2D eigenvalue weighted by molar-refractivity contribution is -0.149. The van der Waals surface area contributed by atoms with Crippen molar-refractivity contribution in [3.8, 4) is 0 Å². The number of carbonyl (C=O) groups is 3. The van der Waals surface area contributed by atoms with E-state index in [-0.39, 0.29) is 22.8 Å². The van der Waals surface area contributed by atoms with Gasteiger partial charge in [-0.05, 0) is 45.4 Å². The summed E-state index contributed by atoms with van der Waals surface area (Å²) in [6, 6.07) is 4.36. The van der Waals surface area contributed by atoms with Gasteiger partial charge in [-0.1, -0.05) is 23.2 Å². The van der Waals surface area contributed by atoms with Crippen LogP contribution in [0.4, 0.5) is 4.79 Å². The van der Waals surface area contributed by atoms with Crippen molar-refractivity contribution in [2.45, 2.75) is 39.4 Å². The summed E-state index contributed by atoms with van der Waals surface area (Å²) in [5, 5.41) is 10.1. The average Bonchev–Trinajstić information content (AvgIpc) is 3.25. The zero-order chi connectivity index (χ0) is 18.9. The number of ketones is 1. The van der Waals surface area contributed by atoms with E-state index in [0.717, 1.165) is 0 Å². The second kappa shape index (κ2) is 7.22. The van der Waals surface area contributed by atoms with E-state index in [4.69, 9.17) is 32.7 Å². The number of carbonyl (C=O) groups excluding carboxylic acids is 2. The number of ether oxygens (including phenoxy) is 2. The third kappa shape index (κ3) is 3.90. The summed E-state index contributed by atoms with van der Waals surface area (Å²) in [6.45, 7) is 4.73. The molecule has 6 nitrogen and oxygen atoms in total. The zero-order valence-electron chi connectivity index (χ0n) is 13.9. The first-order valence-electron chi connectivity index (χ1n) is 7.69. The van der Waals surface area contributed by atoms with Crippen LogP contribution in [-0.2, 0) is 14.3 Å². The second-order valence-electron chi connectivity index (χ2n) is 6.27. The third-order valence-corrected chi connectivity index (χ3v) is 4.99. The minimum absolute atomic E-state index is 0.0670. The van der Waals surface area contributed by atoms with Crippen molar-refractivity contribution >= 4 is 41.1 Å². The normalized spacial score (nSPS) is 23.0. The van der Waals surface area contributed by atoms with Crippen LogP contribution in [0.15, 0.2) is 18.2 Å². The number of halogens is 2. The van der Waals surface area contributed by atoms with E-state index in [9.17, 15) is 19.5 Å². The molecular weight excluding hydrogens is 371 g/mol. The Kier molecular flexibility index (Phi) is 5.64. The molecule has 0 aliphatic heterocycles. The molecule has 1 unspecified atom stereocenters. The smallest absolute Gasteiger partial charge is 0.481 e. The molecule has 8 heteroatoms. The van der Waals surface area contributed by atoms with Gasteiger partial charge < -0.3 is 14.6 Å². The molecule has 3 atom stereocenters. The maximum atomic E-state index is 12.6. The van der Waals surface area contributed by atoms with E-state index in [0.29, 0.717) is 5.02 Å². The number of carboxylic acids is 1. The van der Waals surface area contributed by atoms with E-state index < -0.39 is 35.7 Å². The van der Waals surface area contributed by atoms with E-state index in [1.165, 1.54) is 25.1 Å². The van der Waals surface area contributed by atoms with Gasteiger partial charge in [0.15, 0.2) is 5.78 Å². The van der Waals surface area contributed by atoms with Gasteiger partial charge in [0, 0.05) is 11.5 Å². The number of Topliss-reactive ketones (excluding diaryl/α,β-unsaturated/α-hetero) is 1. The van der Waals surface area contributed by atoms with Gasteiger partial charge in [0.2, 0.25) is 0 Å². The number of benzene rings is 1. The topological polar surface area (TPSA) is 89.9 Å². The van der Waals surface area contributed by atoms with Crippen LogP contribution in [0.5, 0.6) is 0 Å². The highest BCUT2D eigenvalue weighted by molar-refractivity contribution is 6.42. The largest absolute Gasteiger partial charge is 0.508 e. The number of carboxylic acid groups (broad SMARTS) is 1. The Morgan fingerprint density at radius 2 is 1.80 bits per heavy atom. The third-order valence-electron chi connectivity index (χ3n) is 4.25. The van der Waals surface area contributed by atoms with Gasteiger partial charge >= 0.3 is 12.1 Å². The molecule has 1 N–H and O–H groups in total. The molecule has 2 rings (SSSR count). The Morgan fingerprint density at radius 1 is 1.16 bits per heavy atom. The van der Waals surface area contributed by atoms with Crippen LogP contribution in [0.3, 0.4) is 0 Å². The van der Waals surface area contributed by atoms with Gasteiger partial charge in [-0.2, -0.15) is 0 Å². The number of aliphatic carboxylic acids is 1. The molecular formula is C17H18Cl2O6. The van der Waals surface area contributed by atoms with Crippen LogP contribution in [0.1, 0.15) is 37.6 Å². The predicted octanol–water partition coefficient (Wildman–Crippen LogP) is 4.22. The van der Waals surface area contributed by atoms with Gasteiger partial charge in [-0.15, -0.1) is 0 Å². The Labute approximate surface area is 155 Å². The fourth-order valence-corrected chi connectivity index (χ4v) is 3.08. The minimum atomic E-state index is -1.47. The molecule has 1 aliphatic carbocycles. The average molecular weight is 389 g/mol. The lowest BCUT2D eigenvalue weighted by Gasteiger charge is -2.21. The summed E-state index contributed by atoms with van der Waals surface area (Å²) < 4.78 is 9.93. The molecule has 1 aliphatic rings. The van der Waals surface area contributed by atoms with Crippen molar-refractivity contribution in [1.29, 1.82) is 0 Å². The van der Waals surface area contributed by atoms with Crippen molar-refractivity contribution in [2.75, 3.05) is 0 Å². The van der Waals surface area contributed by atoms with Crippen LogP contribution >= 0.6 is 23.2 Å². The first kappa shape index (κ1) is 19.5. The maximum Gasteiger partial charge on any atom is 0.508 e. The Bertz CT molecular complexity index is 717. The second-order valence-corrected chi connectivity index (χ2v) is 7.09. The summed E-state index contributed by atoms with van der Waals surface area (Å²) in [7, 11) is 0. The van der Waals surface area contributed by atoms with Gasteiger partial charge in [0.25, 0.3) is 0 Å². The highest BCUT2D eigenvalue weighted by atomic mass is 35.5. The predicted molar refractivity (Wildman–Crippen MR) is 91.1 cm³/mol. The SMILES string of the molecule is CC(C)OC(=O)OC(C)[C@]1(C(=O)O)C[C@@H]1C(=O)c1ccc(Cl)c(Cl)c1. The molecule has 1 saturated carbocycles. The van der Waals surface area contributed by atoms with Crippen molar-refractivity contribution in [3.05, 3.63) is 33.8 Å². The molecule has 25 heavy (non-hydrogen) atoms. The summed E-state index contributed by atoms with van der Waals surface area (Å²) in [6.07, 6.45) is -2.31. The van der Waals surface area contributed by atoms with Gasteiger partial charge in [-0.3, -0.25) is 9.59 Å². The molecule has 1 aromatic carbocycles. The summed E-state index contributed by atoms with van der Waals surface area (Å²) in [4.78, 5) is 36.0. The van der Waals surface area contributed by atoms with Crippen molar-refractivity contribution in [2.24, 2.45) is 11.3 Å². The summed E-state index contributed by atoms with van der Waals surface area (Å²) in [5.74, 6) is -2.39. The summed E-state index contributed by atoms with van der Waals surface area (Å²) >= 11 is 11.7. The van der Waals surface area contributed by atoms with Crippen LogP contribution in [0, 0.1) is 11.3 Å². The highest BCUT2D eigenvalue weighted by Crippen LogP contribution is 2.57. The Morgan fingerprint density at radius 3 is 2.32 bits per heavy atom. The van der Waals surface area contributed by atoms with Gasteiger partial charge in [0.1, 0.15) is 11.5 Å². The Balaban J connectivity index is 2.17. The first-order valence-corrected chi connectivity index (χ1v) is 8.45. The van der Waals surface area contributed by atoms with Crippen molar-refractivity contribution in [1.82, 2.24) is 0 Å². The van der Waals surface area contributed by atoms with Crippen molar-refractivity contribution < 1.29 is 29.0 Å². The highest BCUT2D eigenvalue weighted by Gasteiger charge is 2.68. The molecule has 136 valence electrons. The molecule has 0 aromatic heterocycles. The quantitative estimate of drug-likeness (QED) is 0.579. The van der Waals surface area contributed by atoms with E-state index in [1.54, 1.807) is 13.8 Å². The number of hydrogen-bond donors (Lipinski definition) is 1. The maximum absolute atomic E-state index is 12.6. The molecule has 0 radical (unpaired) electrons.